The molecule has 2 saturated heterocycles. The van der Waals surface area contributed by atoms with Crippen molar-refractivity contribution >= 4 is 12.0 Å². The molecule has 0 unspecified atom stereocenters. The molecule has 2 aliphatic rings. The van der Waals surface area contributed by atoms with Crippen molar-refractivity contribution < 1.29 is 22.7 Å². The summed E-state index contributed by atoms with van der Waals surface area (Å²) in [7, 11) is 1.60. The molecule has 0 N–H and O–H groups in total. The Morgan fingerprint density at radius 3 is 2.56 bits per heavy atom. The predicted octanol–water partition coefficient (Wildman–Crippen LogP) is 5.17. The predicted molar refractivity (Wildman–Crippen MR) is 121 cm³/mol. The number of nitrogens with zero attached hydrogens (tertiary/aromatic N) is 3. The summed E-state index contributed by atoms with van der Waals surface area (Å²) in [5.41, 5.74) is 3.67. The van der Waals surface area contributed by atoms with Gasteiger partial charge in [0.25, 0.3) is 0 Å². The molecule has 2 fully saturated rings. The van der Waals surface area contributed by atoms with Gasteiger partial charge in [0.2, 0.25) is 5.91 Å². The van der Waals surface area contributed by atoms with Crippen LogP contribution in [0.3, 0.4) is 0 Å². The van der Waals surface area contributed by atoms with E-state index in [1.165, 1.54) is 0 Å². The van der Waals surface area contributed by atoms with E-state index < -0.39 is 17.5 Å². The number of hydrogen-bond donors (Lipinski definition) is 0. The largest absolute Gasteiger partial charge is 0.495 e. The fourth-order valence-electron chi connectivity index (χ4n) is 5.12. The van der Waals surface area contributed by atoms with Crippen molar-refractivity contribution in [3.63, 3.8) is 0 Å². The molecule has 2 atom stereocenters. The van der Waals surface area contributed by atoms with Crippen LogP contribution >= 0.6 is 0 Å². The van der Waals surface area contributed by atoms with Gasteiger partial charge >= 0.3 is 0 Å². The molecule has 0 saturated carbocycles. The van der Waals surface area contributed by atoms with Crippen LogP contribution in [0.1, 0.15) is 42.0 Å². The molecule has 0 aliphatic carbocycles. The summed E-state index contributed by atoms with van der Waals surface area (Å²) >= 11 is 0. The minimum atomic E-state index is -1.46. The van der Waals surface area contributed by atoms with Gasteiger partial charge in [-0.15, -0.1) is 0 Å². The summed E-state index contributed by atoms with van der Waals surface area (Å²) in [6.07, 6.45) is 7.30. The third-order valence-corrected chi connectivity index (χ3v) is 6.76. The summed E-state index contributed by atoms with van der Waals surface area (Å²) in [6, 6.07) is 7.68. The number of piperidine rings is 1. The molecule has 2 aliphatic heterocycles. The SMILES string of the molecule is COc1cc(/C=C2\CC[C@H]3[C@H](c4cc(F)c(F)c(F)c4)CCN3C2=O)ccc1-n1cnc(C)c1. The summed E-state index contributed by atoms with van der Waals surface area (Å²) in [4.78, 5) is 19.3. The zero-order chi connectivity index (χ0) is 24.0. The molecule has 8 heteroatoms. The molecule has 0 spiro atoms. The van der Waals surface area contributed by atoms with E-state index in [-0.39, 0.29) is 17.9 Å². The first kappa shape index (κ1) is 22.3. The summed E-state index contributed by atoms with van der Waals surface area (Å²) in [5, 5.41) is 0. The Balaban J connectivity index is 1.38. The zero-order valence-corrected chi connectivity index (χ0v) is 18.9. The smallest absolute Gasteiger partial charge is 0.250 e. The Kier molecular flexibility index (Phi) is 5.67. The Labute approximate surface area is 195 Å². The van der Waals surface area contributed by atoms with Crippen molar-refractivity contribution in [2.24, 2.45) is 0 Å². The lowest BCUT2D eigenvalue weighted by Gasteiger charge is -2.34. The second-order valence-electron chi connectivity index (χ2n) is 8.82. The highest BCUT2D eigenvalue weighted by molar-refractivity contribution is 5.99. The third-order valence-electron chi connectivity index (χ3n) is 6.76. The molecule has 5 nitrogen and oxygen atoms in total. The minimum absolute atomic E-state index is 0.0740. The van der Waals surface area contributed by atoms with Gasteiger partial charge in [0.05, 0.1) is 24.8 Å². The second-order valence-corrected chi connectivity index (χ2v) is 8.82. The van der Waals surface area contributed by atoms with Gasteiger partial charge < -0.3 is 14.2 Å². The molecule has 1 amide bonds. The topological polar surface area (TPSA) is 47.4 Å². The lowest BCUT2D eigenvalue weighted by Crippen LogP contribution is -2.42. The van der Waals surface area contributed by atoms with Crippen molar-refractivity contribution in [2.45, 2.75) is 38.1 Å². The maximum Gasteiger partial charge on any atom is 0.250 e. The lowest BCUT2D eigenvalue weighted by atomic mass is 9.85. The van der Waals surface area contributed by atoms with E-state index in [2.05, 4.69) is 4.98 Å². The first-order chi connectivity index (χ1) is 16.4. The van der Waals surface area contributed by atoms with Crippen LogP contribution in [0.15, 0.2) is 48.4 Å². The number of methoxy groups -OCH3 is 1. The summed E-state index contributed by atoms with van der Waals surface area (Å²) < 4.78 is 48.4. The molecule has 176 valence electrons. The van der Waals surface area contributed by atoms with Crippen LogP contribution in [0.2, 0.25) is 0 Å². The molecule has 0 bridgehead atoms. The molecule has 1 aromatic heterocycles. The molecule has 3 heterocycles. The van der Waals surface area contributed by atoms with Crippen LogP contribution in [-0.2, 0) is 4.79 Å². The molecule has 34 heavy (non-hydrogen) atoms. The van der Waals surface area contributed by atoms with E-state index in [4.69, 9.17) is 4.74 Å². The number of benzene rings is 2. The van der Waals surface area contributed by atoms with Crippen LogP contribution in [0.5, 0.6) is 5.75 Å². The first-order valence-corrected chi connectivity index (χ1v) is 11.2. The number of aromatic nitrogens is 2. The van der Waals surface area contributed by atoms with Crippen molar-refractivity contribution in [1.29, 1.82) is 0 Å². The first-order valence-electron chi connectivity index (χ1n) is 11.2. The van der Waals surface area contributed by atoms with Crippen LogP contribution in [0.25, 0.3) is 11.8 Å². The number of ether oxygens (including phenoxy) is 1. The van der Waals surface area contributed by atoms with Crippen molar-refractivity contribution in [1.82, 2.24) is 14.5 Å². The maximum absolute atomic E-state index is 13.8. The van der Waals surface area contributed by atoms with Crippen LogP contribution in [-0.4, -0.2) is 40.1 Å². The Morgan fingerprint density at radius 1 is 1.12 bits per heavy atom. The Hall–Kier alpha value is -3.55. The van der Waals surface area contributed by atoms with Crippen LogP contribution in [0.4, 0.5) is 13.2 Å². The van der Waals surface area contributed by atoms with Gasteiger partial charge in [0, 0.05) is 30.3 Å². The number of aryl methyl sites for hydroxylation is 1. The van der Waals surface area contributed by atoms with E-state index in [1.807, 2.05) is 42.0 Å². The standard InChI is InChI=1S/C26H24F3N3O2/c1-15-13-31(14-30-15)23-5-3-16(10-24(23)34-2)9-17-4-6-22-19(7-8-32(22)26(17)33)18-11-20(27)25(29)21(28)12-18/h3,5,9-14,19,22H,4,6-8H2,1-2H3/b17-9+/t19-,22-/m0/s1. The average molecular weight is 467 g/mol. The number of hydrogen-bond acceptors (Lipinski definition) is 3. The number of rotatable bonds is 4. The van der Waals surface area contributed by atoms with E-state index in [0.717, 1.165) is 29.1 Å². The number of imidazole rings is 1. The van der Waals surface area contributed by atoms with Gasteiger partial charge in [-0.1, -0.05) is 6.07 Å². The highest BCUT2D eigenvalue weighted by Gasteiger charge is 2.42. The monoisotopic (exact) mass is 467 g/mol. The summed E-state index contributed by atoms with van der Waals surface area (Å²) in [5.74, 6) is -3.48. The average Bonchev–Trinajstić information content (AvgIpc) is 3.45. The van der Waals surface area contributed by atoms with E-state index in [9.17, 15) is 18.0 Å². The molecular formula is C26H24F3N3O2. The maximum atomic E-state index is 13.8. The number of carbonyl (C=O) groups excluding carboxylic acids is 1. The third kappa shape index (κ3) is 3.87. The number of halogens is 3. The van der Waals surface area contributed by atoms with Gasteiger partial charge in [-0.05, 0) is 67.7 Å². The van der Waals surface area contributed by atoms with Gasteiger partial charge in [-0.2, -0.15) is 0 Å². The highest BCUT2D eigenvalue weighted by Crippen LogP contribution is 2.41. The number of amides is 1. The van der Waals surface area contributed by atoms with E-state index in [0.29, 0.717) is 42.7 Å². The van der Waals surface area contributed by atoms with E-state index in [1.54, 1.807) is 18.3 Å². The summed E-state index contributed by atoms with van der Waals surface area (Å²) in [6.45, 7) is 2.41. The van der Waals surface area contributed by atoms with Crippen molar-refractivity contribution in [3.8, 4) is 11.4 Å². The Morgan fingerprint density at radius 2 is 1.88 bits per heavy atom. The van der Waals surface area contributed by atoms with E-state index >= 15 is 0 Å². The Bertz CT molecular complexity index is 1280. The van der Waals surface area contributed by atoms with Gasteiger partial charge in [-0.3, -0.25) is 4.79 Å². The quantitative estimate of drug-likeness (QED) is 0.393. The highest BCUT2D eigenvalue weighted by atomic mass is 19.2. The van der Waals surface area contributed by atoms with Gasteiger partial charge in [0.15, 0.2) is 17.5 Å². The fraction of sp³-hybridized carbons (Fsp3) is 0.308. The van der Waals surface area contributed by atoms with Gasteiger partial charge in [0.1, 0.15) is 5.75 Å². The fourth-order valence-corrected chi connectivity index (χ4v) is 5.12. The second kappa shape index (κ2) is 8.66. The molecule has 2 aromatic carbocycles. The lowest BCUT2D eigenvalue weighted by molar-refractivity contribution is -0.129. The van der Waals surface area contributed by atoms with Gasteiger partial charge in [-0.25, -0.2) is 18.2 Å². The normalized spacial score (nSPS) is 21.3. The molecule has 3 aromatic rings. The van der Waals surface area contributed by atoms with Crippen molar-refractivity contribution in [2.75, 3.05) is 13.7 Å². The molecular weight excluding hydrogens is 443 g/mol. The van der Waals surface area contributed by atoms with Crippen LogP contribution < -0.4 is 4.74 Å². The zero-order valence-electron chi connectivity index (χ0n) is 18.9. The van der Waals surface area contributed by atoms with Crippen molar-refractivity contribution in [3.05, 3.63) is 82.7 Å². The minimum Gasteiger partial charge on any atom is -0.495 e. The number of fused-ring (bicyclic) bond motifs is 1. The molecule has 0 radical (unpaired) electrons. The number of carbonyl (C=O) groups is 1. The van der Waals surface area contributed by atoms with Crippen LogP contribution in [0, 0.1) is 24.4 Å². The molecule has 5 rings (SSSR count).